The van der Waals surface area contributed by atoms with Crippen LogP contribution in [0.15, 0.2) is 48.5 Å². The first-order valence-electron chi connectivity index (χ1n) is 6.48. The highest BCUT2D eigenvalue weighted by molar-refractivity contribution is 5.76. The van der Waals surface area contributed by atoms with Gasteiger partial charge >= 0.3 is 0 Å². The van der Waals surface area contributed by atoms with E-state index in [1.807, 2.05) is 25.1 Å². The summed E-state index contributed by atoms with van der Waals surface area (Å²) in [4.78, 5) is 4.60. The Labute approximate surface area is 112 Å². The molecule has 0 radical (unpaired) electrons. The lowest BCUT2D eigenvalue weighted by atomic mass is 10.1. The molecule has 0 amide bonds. The minimum atomic E-state index is 0.571. The lowest BCUT2D eigenvalue weighted by Gasteiger charge is -2.10. The van der Waals surface area contributed by atoms with Gasteiger partial charge in [0.25, 0.3) is 0 Å². The molecule has 0 saturated heterocycles. The number of aryl methyl sites for hydroxylation is 1. The number of fused-ring (bicyclic) bond motifs is 1. The molecular weight excluding hydrogens is 234 g/mol. The van der Waals surface area contributed by atoms with E-state index in [2.05, 4.69) is 39.9 Å². The van der Waals surface area contributed by atoms with Crippen LogP contribution in [0.2, 0.25) is 0 Å². The Morgan fingerprint density at radius 1 is 1.00 bits per heavy atom. The number of rotatable bonds is 3. The summed E-state index contributed by atoms with van der Waals surface area (Å²) in [5.41, 5.74) is 10.5. The van der Waals surface area contributed by atoms with Crippen molar-refractivity contribution in [2.45, 2.75) is 20.0 Å². The second-order valence-corrected chi connectivity index (χ2v) is 4.71. The molecule has 3 nitrogen and oxygen atoms in total. The van der Waals surface area contributed by atoms with Crippen LogP contribution < -0.4 is 5.73 Å². The van der Waals surface area contributed by atoms with E-state index in [4.69, 9.17) is 5.73 Å². The summed E-state index contributed by atoms with van der Waals surface area (Å²) < 4.78 is 2.24. The van der Waals surface area contributed by atoms with Crippen molar-refractivity contribution in [1.29, 1.82) is 0 Å². The first-order chi connectivity index (χ1) is 9.29. The molecule has 3 heteroatoms. The number of imidazole rings is 1. The van der Waals surface area contributed by atoms with Gasteiger partial charge in [0, 0.05) is 13.1 Å². The van der Waals surface area contributed by atoms with E-state index < -0.39 is 0 Å². The summed E-state index contributed by atoms with van der Waals surface area (Å²) in [5, 5.41) is 0. The second kappa shape index (κ2) is 4.86. The summed E-state index contributed by atoms with van der Waals surface area (Å²) in [6.07, 6.45) is 0. The number of hydrogen-bond acceptors (Lipinski definition) is 2. The van der Waals surface area contributed by atoms with Gasteiger partial charge in [-0.1, -0.05) is 36.4 Å². The van der Waals surface area contributed by atoms with Gasteiger partial charge in [0.2, 0.25) is 0 Å². The molecule has 2 aromatic carbocycles. The van der Waals surface area contributed by atoms with Crippen molar-refractivity contribution in [3.63, 3.8) is 0 Å². The van der Waals surface area contributed by atoms with Crippen LogP contribution in [-0.2, 0) is 13.1 Å². The number of aromatic nitrogens is 2. The molecule has 0 aliphatic heterocycles. The van der Waals surface area contributed by atoms with E-state index in [0.29, 0.717) is 6.54 Å². The maximum atomic E-state index is 5.81. The van der Waals surface area contributed by atoms with Crippen molar-refractivity contribution in [3.05, 3.63) is 65.5 Å². The van der Waals surface area contributed by atoms with Crippen molar-refractivity contribution in [3.8, 4) is 0 Å². The normalized spacial score (nSPS) is 11.1. The van der Waals surface area contributed by atoms with Gasteiger partial charge in [-0.25, -0.2) is 4.98 Å². The molecule has 0 aliphatic rings. The molecular formula is C16H17N3. The Balaban J connectivity index is 2.08. The van der Waals surface area contributed by atoms with Gasteiger partial charge in [-0.2, -0.15) is 0 Å². The molecule has 96 valence electrons. The van der Waals surface area contributed by atoms with Gasteiger partial charge in [0.05, 0.1) is 11.0 Å². The molecule has 3 rings (SSSR count). The molecule has 1 aromatic heterocycles. The Kier molecular flexibility index (Phi) is 3.05. The summed E-state index contributed by atoms with van der Waals surface area (Å²) in [7, 11) is 0. The van der Waals surface area contributed by atoms with Crippen LogP contribution in [0.25, 0.3) is 11.0 Å². The Bertz CT molecular complexity index is 713. The predicted octanol–water partition coefficient (Wildman–Crippen LogP) is 2.85. The average molecular weight is 251 g/mol. The first kappa shape index (κ1) is 11.9. The maximum Gasteiger partial charge on any atom is 0.107 e. The highest BCUT2D eigenvalue weighted by atomic mass is 15.1. The van der Waals surface area contributed by atoms with Crippen LogP contribution in [0, 0.1) is 6.92 Å². The van der Waals surface area contributed by atoms with E-state index in [1.54, 1.807) is 0 Å². The smallest absolute Gasteiger partial charge is 0.107 e. The molecule has 1 heterocycles. The fourth-order valence-corrected chi connectivity index (χ4v) is 2.48. The second-order valence-electron chi connectivity index (χ2n) is 4.71. The summed E-state index contributed by atoms with van der Waals surface area (Å²) in [6, 6.07) is 16.5. The topological polar surface area (TPSA) is 43.8 Å². The Morgan fingerprint density at radius 3 is 2.47 bits per heavy atom. The summed E-state index contributed by atoms with van der Waals surface area (Å²) in [6.45, 7) is 3.44. The Hall–Kier alpha value is -2.13. The first-order valence-corrected chi connectivity index (χ1v) is 6.48. The highest BCUT2D eigenvalue weighted by Gasteiger charge is 2.08. The number of hydrogen-bond donors (Lipinski definition) is 1. The van der Waals surface area contributed by atoms with Gasteiger partial charge in [0.1, 0.15) is 5.82 Å². The molecule has 3 aromatic rings. The molecule has 0 saturated carbocycles. The molecule has 0 aliphatic carbocycles. The minimum absolute atomic E-state index is 0.571. The predicted molar refractivity (Wildman–Crippen MR) is 77.9 cm³/mol. The molecule has 0 unspecified atom stereocenters. The molecule has 0 atom stereocenters. The SMILES string of the molecule is Cc1nc2ccccc2n1Cc1ccccc1CN. The quantitative estimate of drug-likeness (QED) is 0.778. The van der Waals surface area contributed by atoms with E-state index >= 15 is 0 Å². The summed E-state index contributed by atoms with van der Waals surface area (Å²) >= 11 is 0. The molecule has 19 heavy (non-hydrogen) atoms. The largest absolute Gasteiger partial charge is 0.326 e. The van der Waals surface area contributed by atoms with Crippen molar-refractivity contribution >= 4 is 11.0 Å². The zero-order valence-corrected chi connectivity index (χ0v) is 11.0. The van der Waals surface area contributed by atoms with E-state index in [0.717, 1.165) is 17.9 Å². The van der Waals surface area contributed by atoms with E-state index in [9.17, 15) is 0 Å². The van der Waals surface area contributed by atoms with Crippen LogP contribution in [0.1, 0.15) is 17.0 Å². The minimum Gasteiger partial charge on any atom is -0.326 e. The van der Waals surface area contributed by atoms with Crippen molar-refractivity contribution in [1.82, 2.24) is 9.55 Å². The average Bonchev–Trinajstić information content (AvgIpc) is 2.76. The van der Waals surface area contributed by atoms with Gasteiger partial charge in [0.15, 0.2) is 0 Å². The van der Waals surface area contributed by atoms with Crippen LogP contribution in [0.3, 0.4) is 0 Å². The lowest BCUT2D eigenvalue weighted by Crippen LogP contribution is -2.07. The Morgan fingerprint density at radius 2 is 1.68 bits per heavy atom. The number of benzene rings is 2. The molecule has 0 bridgehead atoms. The van der Waals surface area contributed by atoms with Crippen LogP contribution in [0.5, 0.6) is 0 Å². The fraction of sp³-hybridized carbons (Fsp3) is 0.188. The lowest BCUT2D eigenvalue weighted by molar-refractivity contribution is 0.775. The van der Waals surface area contributed by atoms with Crippen molar-refractivity contribution < 1.29 is 0 Å². The summed E-state index contributed by atoms with van der Waals surface area (Å²) in [5.74, 6) is 1.04. The van der Waals surface area contributed by atoms with Crippen LogP contribution in [-0.4, -0.2) is 9.55 Å². The third-order valence-electron chi connectivity index (χ3n) is 3.51. The van der Waals surface area contributed by atoms with Gasteiger partial charge in [-0.15, -0.1) is 0 Å². The highest BCUT2D eigenvalue weighted by Crippen LogP contribution is 2.18. The number of para-hydroxylation sites is 2. The maximum absolute atomic E-state index is 5.81. The zero-order chi connectivity index (χ0) is 13.2. The van der Waals surface area contributed by atoms with Crippen molar-refractivity contribution in [2.75, 3.05) is 0 Å². The molecule has 2 N–H and O–H groups in total. The van der Waals surface area contributed by atoms with E-state index in [-0.39, 0.29) is 0 Å². The number of nitrogens with zero attached hydrogens (tertiary/aromatic N) is 2. The molecule has 0 spiro atoms. The molecule has 0 fully saturated rings. The monoisotopic (exact) mass is 251 g/mol. The number of nitrogens with two attached hydrogens (primary N) is 1. The van der Waals surface area contributed by atoms with Gasteiger partial charge < -0.3 is 10.3 Å². The fourth-order valence-electron chi connectivity index (χ4n) is 2.48. The zero-order valence-electron chi connectivity index (χ0n) is 11.0. The standard InChI is InChI=1S/C16H17N3/c1-12-18-15-8-4-5-9-16(15)19(12)11-14-7-3-2-6-13(14)10-17/h2-9H,10-11,17H2,1H3. The van der Waals surface area contributed by atoms with Crippen molar-refractivity contribution in [2.24, 2.45) is 5.73 Å². The van der Waals surface area contributed by atoms with Crippen LogP contribution >= 0.6 is 0 Å². The third-order valence-corrected chi connectivity index (χ3v) is 3.51. The van der Waals surface area contributed by atoms with E-state index in [1.165, 1.54) is 16.6 Å². The third kappa shape index (κ3) is 2.13. The van der Waals surface area contributed by atoms with Gasteiger partial charge in [-0.05, 0) is 30.2 Å². The van der Waals surface area contributed by atoms with Gasteiger partial charge in [-0.3, -0.25) is 0 Å². The van der Waals surface area contributed by atoms with Crippen LogP contribution in [0.4, 0.5) is 0 Å².